The third-order valence-electron chi connectivity index (χ3n) is 9.04. The van der Waals surface area contributed by atoms with Gasteiger partial charge in [0, 0.05) is 41.9 Å². The number of para-hydroxylation sites is 2. The maximum atomic E-state index is 13.3. The van der Waals surface area contributed by atoms with Gasteiger partial charge in [0.05, 0.1) is 13.7 Å². The summed E-state index contributed by atoms with van der Waals surface area (Å²) < 4.78 is 11.2. The summed E-state index contributed by atoms with van der Waals surface area (Å²) in [5.74, 6) is 1.02. The number of carbonyl (C=O) groups is 3. The monoisotopic (exact) mass is 646 g/mol. The number of amides is 1. The van der Waals surface area contributed by atoms with Crippen molar-refractivity contribution in [2.75, 3.05) is 30.5 Å². The predicted octanol–water partition coefficient (Wildman–Crippen LogP) is 8.28. The Kier molecular flexibility index (Phi) is 12.8. The average molecular weight is 647 g/mol. The maximum absolute atomic E-state index is 13.3. The lowest BCUT2D eigenvalue weighted by molar-refractivity contribution is -0.141. The molecule has 1 fully saturated rings. The van der Waals surface area contributed by atoms with Crippen molar-refractivity contribution >= 4 is 29.0 Å². The second-order valence-corrected chi connectivity index (χ2v) is 12.4. The van der Waals surface area contributed by atoms with Crippen LogP contribution >= 0.6 is 0 Å². The largest absolute Gasteiger partial charge is 0.494 e. The molecule has 0 saturated heterocycles. The number of esters is 1. The molecule has 0 heterocycles. The minimum Gasteiger partial charge on any atom is -0.494 e. The molecule has 0 radical (unpaired) electrons. The third kappa shape index (κ3) is 9.80. The van der Waals surface area contributed by atoms with Crippen molar-refractivity contribution in [2.24, 2.45) is 5.92 Å². The summed E-state index contributed by atoms with van der Waals surface area (Å²) in [6, 6.07) is 33.1. The van der Waals surface area contributed by atoms with Crippen LogP contribution in [0.3, 0.4) is 0 Å². The molecule has 48 heavy (non-hydrogen) atoms. The van der Waals surface area contributed by atoms with Gasteiger partial charge >= 0.3 is 5.97 Å². The molecular formula is C41H46N2O5. The summed E-state index contributed by atoms with van der Waals surface area (Å²) in [6.45, 7) is 1.06. The van der Waals surface area contributed by atoms with Crippen LogP contribution in [-0.4, -0.2) is 44.0 Å². The second kappa shape index (κ2) is 17.9. The third-order valence-corrected chi connectivity index (χ3v) is 9.04. The number of rotatable bonds is 16. The molecule has 250 valence electrons. The normalized spacial score (nSPS) is 13.7. The average Bonchev–Trinajstić information content (AvgIpc) is 3.15. The van der Waals surface area contributed by atoms with Gasteiger partial charge in [0.2, 0.25) is 5.91 Å². The van der Waals surface area contributed by atoms with Gasteiger partial charge in [-0.3, -0.25) is 9.59 Å². The standard InChI is InChI=1S/C41H46N2O5/c1-47-41(46)38(42-37-21-12-11-20-36(37)40(45)33-16-7-3-8-17-33)30-32-22-25-35(26-23-32)48-29-13-28-43(34-18-9-4-10-19-34)39(44)27-24-31-14-5-2-6-15-31/h3-4,7-12,16-23,25-26,31,38,42H,2,5-6,13-15,24,27-30H2,1H3/t38-/m0/s1. The van der Waals surface area contributed by atoms with Crippen LogP contribution in [0.25, 0.3) is 0 Å². The molecule has 0 aliphatic heterocycles. The lowest BCUT2D eigenvalue weighted by Crippen LogP contribution is -2.33. The first-order valence-corrected chi connectivity index (χ1v) is 17.1. The minimum absolute atomic E-state index is 0.125. The number of methoxy groups -OCH3 is 1. The van der Waals surface area contributed by atoms with Gasteiger partial charge in [-0.05, 0) is 60.7 Å². The van der Waals surface area contributed by atoms with Gasteiger partial charge in [-0.1, -0.05) is 105 Å². The van der Waals surface area contributed by atoms with Gasteiger partial charge < -0.3 is 19.7 Å². The molecule has 4 aromatic carbocycles. The fraction of sp³-hybridized carbons (Fsp3) is 0.341. The van der Waals surface area contributed by atoms with Gasteiger partial charge in [-0.2, -0.15) is 0 Å². The Morgan fingerprint density at radius 1 is 0.812 bits per heavy atom. The van der Waals surface area contributed by atoms with E-state index in [0.29, 0.717) is 55.1 Å². The lowest BCUT2D eigenvalue weighted by atomic mass is 9.86. The fourth-order valence-corrected chi connectivity index (χ4v) is 6.39. The van der Waals surface area contributed by atoms with Crippen LogP contribution in [-0.2, 0) is 20.7 Å². The van der Waals surface area contributed by atoms with Crippen LogP contribution in [0.2, 0.25) is 0 Å². The van der Waals surface area contributed by atoms with E-state index >= 15 is 0 Å². The first-order valence-electron chi connectivity index (χ1n) is 17.1. The SMILES string of the molecule is COC(=O)[C@H](Cc1ccc(OCCCN(C(=O)CCC2CCCCC2)c2ccccc2)cc1)Nc1ccccc1C(=O)c1ccccc1. The lowest BCUT2D eigenvalue weighted by Gasteiger charge is -2.25. The van der Waals surface area contributed by atoms with Crippen molar-refractivity contribution < 1.29 is 23.9 Å². The Morgan fingerprint density at radius 2 is 1.48 bits per heavy atom. The van der Waals surface area contributed by atoms with Crippen LogP contribution in [0.1, 0.15) is 72.9 Å². The van der Waals surface area contributed by atoms with E-state index in [1.807, 2.05) is 89.8 Å². The van der Waals surface area contributed by atoms with Crippen LogP contribution < -0.4 is 15.0 Å². The molecule has 1 amide bonds. The van der Waals surface area contributed by atoms with E-state index in [-0.39, 0.29) is 11.7 Å². The van der Waals surface area contributed by atoms with Crippen LogP contribution in [0, 0.1) is 5.92 Å². The highest BCUT2D eigenvalue weighted by molar-refractivity contribution is 6.12. The molecule has 0 aromatic heterocycles. The number of nitrogens with zero attached hydrogens (tertiary/aromatic N) is 1. The van der Waals surface area contributed by atoms with Gasteiger partial charge in [0.1, 0.15) is 11.8 Å². The number of ketones is 1. The van der Waals surface area contributed by atoms with Gasteiger partial charge in [0.15, 0.2) is 5.78 Å². The predicted molar refractivity (Wildman–Crippen MR) is 191 cm³/mol. The van der Waals surface area contributed by atoms with Crippen molar-refractivity contribution in [2.45, 2.75) is 63.8 Å². The Hall–Kier alpha value is -4.91. The first-order chi connectivity index (χ1) is 23.5. The quantitative estimate of drug-likeness (QED) is 0.0749. The van der Waals surface area contributed by atoms with Crippen LogP contribution in [0.15, 0.2) is 109 Å². The topological polar surface area (TPSA) is 84.9 Å². The zero-order valence-electron chi connectivity index (χ0n) is 27.8. The van der Waals surface area contributed by atoms with Crippen LogP contribution in [0.4, 0.5) is 11.4 Å². The molecular weight excluding hydrogens is 600 g/mol. The van der Waals surface area contributed by atoms with Crippen molar-refractivity contribution in [1.29, 1.82) is 0 Å². The second-order valence-electron chi connectivity index (χ2n) is 12.4. The van der Waals surface area contributed by atoms with Crippen molar-refractivity contribution in [3.05, 3.63) is 126 Å². The van der Waals surface area contributed by atoms with E-state index in [2.05, 4.69) is 5.32 Å². The highest BCUT2D eigenvalue weighted by atomic mass is 16.5. The molecule has 1 saturated carbocycles. The Balaban J connectivity index is 1.15. The molecule has 1 aliphatic rings. The summed E-state index contributed by atoms with van der Waals surface area (Å²) in [5.41, 5.74) is 3.47. The number of hydrogen-bond donors (Lipinski definition) is 1. The highest BCUT2D eigenvalue weighted by Crippen LogP contribution is 2.28. The van der Waals surface area contributed by atoms with Gasteiger partial charge in [0.25, 0.3) is 0 Å². The number of ether oxygens (including phenoxy) is 2. The highest BCUT2D eigenvalue weighted by Gasteiger charge is 2.23. The minimum atomic E-state index is -0.703. The zero-order chi connectivity index (χ0) is 33.6. The molecule has 1 aliphatic carbocycles. The molecule has 1 atom stereocenters. The van der Waals surface area contributed by atoms with E-state index in [9.17, 15) is 14.4 Å². The van der Waals surface area contributed by atoms with Crippen molar-refractivity contribution in [3.8, 4) is 5.75 Å². The zero-order valence-corrected chi connectivity index (χ0v) is 27.8. The smallest absolute Gasteiger partial charge is 0.328 e. The van der Waals surface area contributed by atoms with E-state index < -0.39 is 12.0 Å². The summed E-state index contributed by atoms with van der Waals surface area (Å²) in [6.07, 6.45) is 8.99. The number of anilines is 2. The number of nitrogens with one attached hydrogen (secondary N) is 1. The summed E-state index contributed by atoms with van der Waals surface area (Å²) in [5, 5.41) is 3.26. The van der Waals surface area contributed by atoms with Crippen molar-refractivity contribution in [1.82, 2.24) is 0 Å². The summed E-state index contributed by atoms with van der Waals surface area (Å²) >= 11 is 0. The van der Waals surface area contributed by atoms with Gasteiger partial charge in [-0.15, -0.1) is 0 Å². The summed E-state index contributed by atoms with van der Waals surface area (Å²) in [4.78, 5) is 41.3. The number of hydrogen-bond acceptors (Lipinski definition) is 6. The Morgan fingerprint density at radius 3 is 2.19 bits per heavy atom. The number of benzene rings is 4. The Labute approximate surface area is 284 Å². The molecule has 4 aromatic rings. The molecule has 1 N–H and O–H groups in total. The molecule has 5 rings (SSSR count). The first kappa shape index (κ1) is 34.4. The van der Waals surface area contributed by atoms with Crippen LogP contribution in [0.5, 0.6) is 5.75 Å². The van der Waals surface area contributed by atoms with E-state index in [0.717, 1.165) is 23.4 Å². The molecule has 7 nitrogen and oxygen atoms in total. The maximum Gasteiger partial charge on any atom is 0.328 e. The fourth-order valence-electron chi connectivity index (χ4n) is 6.39. The van der Waals surface area contributed by atoms with Crippen molar-refractivity contribution in [3.63, 3.8) is 0 Å². The molecule has 0 spiro atoms. The molecule has 0 bridgehead atoms. The number of carbonyl (C=O) groups excluding carboxylic acids is 3. The molecule has 0 unspecified atom stereocenters. The Bertz CT molecular complexity index is 1600. The van der Waals surface area contributed by atoms with E-state index in [1.165, 1.54) is 39.2 Å². The summed E-state index contributed by atoms with van der Waals surface area (Å²) in [7, 11) is 1.36. The van der Waals surface area contributed by atoms with E-state index in [1.54, 1.807) is 24.3 Å². The van der Waals surface area contributed by atoms with Gasteiger partial charge in [-0.25, -0.2) is 4.79 Å². The van der Waals surface area contributed by atoms with E-state index in [4.69, 9.17) is 9.47 Å². The molecule has 7 heteroatoms.